The largest absolute Gasteiger partial charge is 0.481 e. The van der Waals surface area contributed by atoms with Crippen LogP contribution in [0, 0.1) is 0 Å². The molecule has 0 aliphatic heterocycles. The lowest BCUT2D eigenvalue weighted by atomic mass is 10.0. The van der Waals surface area contributed by atoms with Gasteiger partial charge in [0.1, 0.15) is 0 Å². The molecule has 0 saturated carbocycles. The molecule has 0 atom stereocenters. The smallest absolute Gasteiger partial charge is 0.214 e. The van der Waals surface area contributed by atoms with Crippen molar-refractivity contribution in [1.29, 1.82) is 0 Å². The fourth-order valence-electron chi connectivity index (χ4n) is 2.15. The Bertz CT molecular complexity index is 740. The van der Waals surface area contributed by atoms with Gasteiger partial charge in [-0.2, -0.15) is 0 Å². The number of rotatable bonds is 2. The van der Waals surface area contributed by atoms with Crippen LogP contribution < -0.4 is 4.74 Å². The summed E-state index contributed by atoms with van der Waals surface area (Å²) in [5, 5.41) is 1.81. The standard InChI is InChI=1S/C16H12ClNO/c1-19-16-10-14(11-5-4-6-12(17)9-11)13-7-2-3-8-15(13)18-16/h2-10H,1H3. The molecule has 0 radical (unpaired) electrons. The molecule has 0 unspecified atom stereocenters. The van der Waals surface area contributed by atoms with Crippen LogP contribution >= 0.6 is 11.6 Å². The highest BCUT2D eigenvalue weighted by Crippen LogP contribution is 2.31. The van der Waals surface area contributed by atoms with Crippen molar-refractivity contribution in [3.63, 3.8) is 0 Å². The quantitative estimate of drug-likeness (QED) is 0.680. The van der Waals surface area contributed by atoms with E-state index in [-0.39, 0.29) is 0 Å². The normalized spacial score (nSPS) is 10.6. The zero-order valence-electron chi connectivity index (χ0n) is 10.4. The molecule has 0 spiro atoms. The van der Waals surface area contributed by atoms with Crippen LogP contribution in [-0.4, -0.2) is 12.1 Å². The minimum atomic E-state index is 0.605. The molecule has 1 heterocycles. The minimum absolute atomic E-state index is 0.605. The van der Waals surface area contributed by atoms with Crippen molar-refractivity contribution >= 4 is 22.5 Å². The van der Waals surface area contributed by atoms with Crippen LogP contribution in [0.25, 0.3) is 22.0 Å². The third-order valence-electron chi connectivity index (χ3n) is 3.04. The van der Waals surface area contributed by atoms with Crippen molar-refractivity contribution in [2.45, 2.75) is 0 Å². The molecule has 3 heteroatoms. The molecule has 0 aliphatic rings. The Balaban J connectivity index is 2.32. The van der Waals surface area contributed by atoms with E-state index in [1.54, 1.807) is 7.11 Å². The van der Waals surface area contributed by atoms with E-state index in [0.717, 1.165) is 27.1 Å². The van der Waals surface area contributed by atoms with Crippen LogP contribution in [0.2, 0.25) is 5.02 Å². The van der Waals surface area contributed by atoms with E-state index in [0.29, 0.717) is 5.88 Å². The van der Waals surface area contributed by atoms with Gasteiger partial charge in [0.2, 0.25) is 5.88 Å². The number of benzene rings is 2. The molecule has 2 aromatic carbocycles. The van der Waals surface area contributed by atoms with Crippen molar-refractivity contribution in [3.8, 4) is 17.0 Å². The summed E-state index contributed by atoms with van der Waals surface area (Å²) in [5.41, 5.74) is 3.05. The molecule has 19 heavy (non-hydrogen) atoms. The number of pyridine rings is 1. The Morgan fingerprint density at radius 2 is 1.84 bits per heavy atom. The lowest BCUT2D eigenvalue weighted by Crippen LogP contribution is -1.91. The molecular weight excluding hydrogens is 258 g/mol. The lowest BCUT2D eigenvalue weighted by Gasteiger charge is -2.09. The maximum Gasteiger partial charge on any atom is 0.214 e. The number of para-hydroxylation sites is 1. The highest BCUT2D eigenvalue weighted by molar-refractivity contribution is 6.30. The summed E-state index contributed by atoms with van der Waals surface area (Å²) in [6.07, 6.45) is 0. The average Bonchev–Trinajstić information content (AvgIpc) is 2.46. The highest BCUT2D eigenvalue weighted by Gasteiger charge is 2.08. The summed E-state index contributed by atoms with van der Waals surface area (Å²) in [6.45, 7) is 0. The third kappa shape index (κ3) is 2.27. The first kappa shape index (κ1) is 12.0. The highest BCUT2D eigenvalue weighted by atomic mass is 35.5. The number of hydrogen-bond acceptors (Lipinski definition) is 2. The zero-order chi connectivity index (χ0) is 13.2. The zero-order valence-corrected chi connectivity index (χ0v) is 11.2. The number of fused-ring (bicyclic) bond motifs is 1. The van der Waals surface area contributed by atoms with Gasteiger partial charge in [-0.3, -0.25) is 0 Å². The van der Waals surface area contributed by atoms with Crippen molar-refractivity contribution in [2.24, 2.45) is 0 Å². The van der Waals surface area contributed by atoms with E-state index in [1.807, 2.05) is 48.5 Å². The first-order chi connectivity index (χ1) is 9.28. The predicted molar refractivity (Wildman–Crippen MR) is 78.7 cm³/mol. The molecule has 0 bridgehead atoms. The summed E-state index contributed by atoms with van der Waals surface area (Å²) >= 11 is 6.07. The molecule has 94 valence electrons. The predicted octanol–water partition coefficient (Wildman–Crippen LogP) is 4.56. The SMILES string of the molecule is COc1cc(-c2cccc(Cl)c2)c2ccccc2n1. The van der Waals surface area contributed by atoms with Gasteiger partial charge in [-0.25, -0.2) is 4.98 Å². The molecule has 3 aromatic rings. The summed E-state index contributed by atoms with van der Waals surface area (Å²) < 4.78 is 5.27. The maximum atomic E-state index is 6.07. The molecule has 3 rings (SSSR count). The van der Waals surface area contributed by atoms with Crippen molar-refractivity contribution in [1.82, 2.24) is 4.98 Å². The van der Waals surface area contributed by atoms with E-state index in [9.17, 15) is 0 Å². The van der Waals surface area contributed by atoms with Gasteiger partial charge < -0.3 is 4.74 Å². The monoisotopic (exact) mass is 269 g/mol. The first-order valence-electron chi connectivity index (χ1n) is 5.97. The van der Waals surface area contributed by atoms with Crippen LogP contribution in [0.3, 0.4) is 0 Å². The Labute approximate surface area is 116 Å². The van der Waals surface area contributed by atoms with E-state index < -0.39 is 0 Å². The lowest BCUT2D eigenvalue weighted by molar-refractivity contribution is 0.400. The molecule has 0 amide bonds. The second-order valence-electron chi connectivity index (χ2n) is 4.24. The van der Waals surface area contributed by atoms with Crippen LogP contribution in [0.4, 0.5) is 0 Å². The molecular formula is C16H12ClNO. The molecule has 0 fully saturated rings. The van der Waals surface area contributed by atoms with Gasteiger partial charge in [-0.1, -0.05) is 41.9 Å². The maximum absolute atomic E-state index is 6.07. The second-order valence-corrected chi connectivity index (χ2v) is 4.68. The first-order valence-corrected chi connectivity index (χ1v) is 6.35. The summed E-state index contributed by atoms with van der Waals surface area (Å²) in [4.78, 5) is 4.45. The second kappa shape index (κ2) is 4.90. The Kier molecular flexibility index (Phi) is 3.10. The van der Waals surface area contributed by atoms with E-state index in [4.69, 9.17) is 16.3 Å². The molecule has 0 N–H and O–H groups in total. The van der Waals surface area contributed by atoms with Crippen LogP contribution in [-0.2, 0) is 0 Å². The average molecular weight is 270 g/mol. The van der Waals surface area contributed by atoms with Crippen molar-refractivity contribution in [3.05, 3.63) is 59.6 Å². The number of nitrogens with zero attached hydrogens (tertiary/aromatic N) is 1. The van der Waals surface area contributed by atoms with Gasteiger partial charge in [0, 0.05) is 16.5 Å². The summed E-state index contributed by atoms with van der Waals surface area (Å²) in [5.74, 6) is 0.605. The Morgan fingerprint density at radius 1 is 1.00 bits per heavy atom. The number of methoxy groups -OCH3 is 1. The summed E-state index contributed by atoms with van der Waals surface area (Å²) in [7, 11) is 1.62. The number of hydrogen-bond donors (Lipinski definition) is 0. The minimum Gasteiger partial charge on any atom is -0.481 e. The van der Waals surface area contributed by atoms with E-state index in [2.05, 4.69) is 11.1 Å². The Morgan fingerprint density at radius 3 is 2.63 bits per heavy atom. The van der Waals surface area contributed by atoms with Gasteiger partial charge in [-0.05, 0) is 29.3 Å². The van der Waals surface area contributed by atoms with Crippen LogP contribution in [0.5, 0.6) is 5.88 Å². The number of halogens is 1. The van der Waals surface area contributed by atoms with E-state index in [1.165, 1.54) is 0 Å². The van der Waals surface area contributed by atoms with Crippen LogP contribution in [0.1, 0.15) is 0 Å². The number of ether oxygens (including phenoxy) is 1. The molecule has 0 aliphatic carbocycles. The van der Waals surface area contributed by atoms with Gasteiger partial charge in [0.05, 0.1) is 12.6 Å². The molecule has 0 saturated heterocycles. The van der Waals surface area contributed by atoms with E-state index >= 15 is 0 Å². The summed E-state index contributed by atoms with van der Waals surface area (Å²) in [6, 6.07) is 17.7. The van der Waals surface area contributed by atoms with Gasteiger partial charge in [0.25, 0.3) is 0 Å². The number of aromatic nitrogens is 1. The van der Waals surface area contributed by atoms with Gasteiger partial charge in [-0.15, -0.1) is 0 Å². The van der Waals surface area contributed by atoms with Crippen molar-refractivity contribution < 1.29 is 4.74 Å². The molecule has 1 aromatic heterocycles. The molecule has 2 nitrogen and oxygen atoms in total. The Hall–Kier alpha value is -2.06. The van der Waals surface area contributed by atoms with Crippen LogP contribution in [0.15, 0.2) is 54.6 Å². The van der Waals surface area contributed by atoms with Gasteiger partial charge in [0.15, 0.2) is 0 Å². The van der Waals surface area contributed by atoms with Crippen molar-refractivity contribution in [2.75, 3.05) is 7.11 Å². The fraction of sp³-hybridized carbons (Fsp3) is 0.0625. The van der Waals surface area contributed by atoms with Gasteiger partial charge >= 0.3 is 0 Å². The fourth-order valence-corrected chi connectivity index (χ4v) is 2.34. The topological polar surface area (TPSA) is 22.1 Å². The third-order valence-corrected chi connectivity index (χ3v) is 3.27.